The van der Waals surface area contributed by atoms with Crippen LogP contribution in [-0.2, 0) is 24.0 Å². The molecule has 0 aromatic rings. The van der Waals surface area contributed by atoms with Crippen LogP contribution in [0.5, 0.6) is 0 Å². The van der Waals surface area contributed by atoms with E-state index in [-0.39, 0.29) is 62.4 Å². The van der Waals surface area contributed by atoms with Gasteiger partial charge in [-0.3, -0.25) is 24.0 Å². The van der Waals surface area contributed by atoms with Gasteiger partial charge in [-0.05, 0) is 6.42 Å². The number of nitrogens with one attached hydrogen (secondary N) is 2. The molecule has 0 saturated carbocycles. The van der Waals surface area contributed by atoms with Crippen LogP contribution in [0, 0.1) is 11.8 Å². The number of carboxylic acid groups (broad SMARTS) is 1. The van der Waals surface area contributed by atoms with Crippen LogP contribution < -0.4 is 10.6 Å². The van der Waals surface area contributed by atoms with Crippen molar-refractivity contribution >= 4 is 29.5 Å². The fraction of sp³-hybridized carbons (Fsp3) is 0.737. The van der Waals surface area contributed by atoms with Gasteiger partial charge in [0.1, 0.15) is 11.8 Å². The Morgan fingerprint density at radius 3 is 2.00 bits per heavy atom. The minimum Gasteiger partial charge on any atom is -0.481 e. The molecule has 0 aliphatic heterocycles. The Bertz CT molecular complexity index is 574. The molecule has 0 aliphatic carbocycles. The summed E-state index contributed by atoms with van der Waals surface area (Å²) in [6.45, 7) is 9.00. The van der Waals surface area contributed by atoms with Crippen molar-refractivity contribution in [2.75, 3.05) is 19.6 Å². The third-order valence-corrected chi connectivity index (χ3v) is 4.10. The van der Waals surface area contributed by atoms with Crippen LogP contribution >= 0.6 is 0 Å². The number of rotatable bonds is 13. The predicted octanol–water partition coefficient (Wildman–Crippen LogP) is 0.572. The van der Waals surface area contributed by atoms with Crippen LogP contribution in [0.1, 0.15) is 53.9 Å². The summed E-state index contributed by atoms with van der Waals surface area (Å²) in [7, 11) is 0. The van der Waals surface area contributed by atoms with Crippen molar-refractivity contribution in [3.63, 3.8) is 0 Å². The molecule has 160 valence electrons. The quantitative estimate of drug-likeness (QED) is 0.415. The first-order chi connectivity index (χ1) is 13.0. The first-order valence-corrected chi connectivity index (χ1v) is 9.53. The summed E-state index contributed by atoms with van der Waals surface area (Å²) in [5.74, 6) is -2.41. The second kappa shape index (κ2) is 12.9. The zero-order valence-corrected chi connectivity index (χ0v) is 17.4. The van der Waals surface area contributed by atoms with Crippen molar-refractivity contribution in [2.45, 2.75) is 59.9 Å². The lowest BCUT2D eigenvalue weighted by molar-refractivity contribution is -0.138. The lowest BCUT2D eigenvalue weighted by atomic mass is 10.1. The van der Waals surface area contributed by atoms with Crippen molar-refractivity contribution in [1.82, 2.24) is 15.5 Å². The largest absolute Gasteiger partial charge is 0.481 e. The Balaban J connectivity index is 4.77. The highest BCUT2D eigenvalue weighted by molar-refractivity contribution is 5.87. The SMILES string of the molecule is CC(=O)N[C@@H](CCC(=O)O)C(=O)NCCN(CCC(=O)C(C)C)C(=O)C(C)C. The lowest BCUT2D eigenvalue weighted by Gasteiger charge is -2.25. The monoisotopic (exact) mass is 399 g/mol. The van der Waals surface area contributed by atoms with Gasteiger partial charge < -0.3 is 20.6 Å². The maximum absolute atomic E-state index is 12.3. The van der Waals surface area contributed by atoms with Gasteiger partial charge in [-0.2, -0.15) is 0 Å². The maximum Gasteiger partial charge on any atom is 0.303 e. The molecule has 9 nitrogen and oxygen atoms in total. The third kappa shape index (κ3) is 10.6. The summed E-state index contributed by atoms with van der Waals surface area (Å²) in [5.41, 5.74) is 0. The number of carbonyl (C=O) groups excluding carboxylic acids is 4. The number of nitrogens with zero attached hydrogens (tertiary/aromatic N) is 1. The minimum atomic E-state index is -1.06. The standard InChI is InChI=1S/C19H33N3O6/c1-12(2)16(24)8-10-22(19(28)13(3)4)11-9-20-18(27)15(21-14(5)23)6-7-17(25)26/h12-13,15H,6-11H2,1-5H3,(H,20,27)(H,21,23)(H,25,26)/t15-/m0/s1. The fourth-order valence-electron chi connectivity index (χ4n) is 2.45. The molecule has 9 heteroatoms. The molecule has 0 aromatic heterocycles. The molecule has 0 rings (SSSR count). The molecular weight excluding hydrogens is 366 g/mol. The van der Waals surface area contributed by atoms with Gasteiger partial charge >= 0.3 is 5.97 Å². The smallest absolute Gasteiger partial charge is 0.303 e. The second-order valence-electron chi connectivity index (χ2n) is 7.33. The summed E-state index contributed by atoms with van der Waals surface area (Å²) in [5, 5.41) is 13.8. The number of hydrogen-bond acceptors (Lipinski definition) is 5. The molecule has 0 radical (unpaired) electrons. The second-order valence-corrected chi connectivity index (χ2v) is 7.33. The molecule has 3 N–H and O–H groups in total. The molecule has 0 heterocycles. The van der Waals surface area contributed by atoms with Crippen molar-refractivity contribution in [3.8, 4) is 0 Å². The molecule has 0 fully saturated rings. The van der Waals surface area contributed by atoms with Gasteiger partial charge in [0.25, 0.3) is 0 Å². The zero-order chi connectivity index (χ0) is 21.9. The van der Waals surface area contributed by atoms with E-state index in [0.717, 1.165) is 0 Å². The fourth-order valence-corrected chi connectivity index (χ4v) is 2.45. The number of amides is 3. The normalized spacial score (nSPS) is 11.8. The average Bonchev–Trinajstić information content (AvgIpc) is 2.59. The van der Waals surface area contributed by atoms with Crippen molar-refractivity contribution in [1.29, 1.82) is 0 Å². The Labute approximate surface area is 166 Å². The van der Waals surface area contributed by atoms with Crippen LogP contribution in [0.2, 0.25) is 0 Å². The number of ketones is 1. The molecule has 0 bridgehead atoms. The predicted molar refractivity (Wildman–Crippen MR) is 103 cm³/mol. The van der Waals surface area contributed by atoms with Gasteiger partial charge in [0, 0.05) is 51.2 Å². The highest BCUT2D eigenvalue weighted by atomic mass is 16.4. The van der Waals surface area contributed by atoms with E-state index >= 15 is 0 Å². The van der Waals surface area contributed by atoms with Gasteiger partial charge in [0.2, 0.25) is 17.7 Å². The maximum atomic E-state index is 12.3. The summed E-state index contributed by atoms with van der Waals surface area (Å²) >= 11 is 0. The number of Topliss-reactive ketones (excluding diaryl/α,β-unsaturated/α-hetero) is 1. The minimum absolute atomic E-state index is 0.0295. The lowest BCUT2D eigenvalue weighted by Crippen LogP contribution is -2.48. The molecule has 0 saturated heterocycles. The molecular formula is C19H33N3O6. The van der Waals surface area contributed by atoms with Crippen LogP contribution in [0.25, 0.3) is 0 Å². The number of aliphatic carboxylic acids is 1. The number of carboxylic acids is 1. The molecule has 0 unspecified atom stereocenters. The molecule has 0 aromatic carbocycles. The third-order valence-electron chi connectivity index (χ3n) is 4.10. The van der Waals surface area contributed by atoms with E-state index < -0.39 is 23.8 Å². The van der Waals surface area contributed by atoms with Gasteiger partial charge in [-0.1, -0.05) is 27.7 Å². The van der Waals surface area contributed by atoms with E-state index in [0.29, 0.717) is 0 Å². The highest BCUT2D eigenvalue weighted by Gasteiger charge is 2.22. The van der Waals surface area contributed by atoms with Crippen LogP contribution in [0.15, 0.2) is 0 Å². The van der Waals surface area contributed by atoms with Crippen molar-refractivity contribution < 1.29 is 29.1 Å². The topological polar surface area (TPSA) is 133 Å². The number of hydrogen-bond donors (Lipinski definition) is 3. The Hall–Kier alpha value is -2.45. The summed E-state index contributed by atoms with van der Waals surface area (Å²) in [6.07, 6.45) is -0.0386. The summed E-state index contributed by atoms with van der Waals surface area (Å²) < 4.78 is 0. The van der Waals surface area contributed by atoms with E-state index in [9.17, 15) is 24.0 Å². The van der Waals surface area contributed by atoms with Gasteiger partial charge in [0.15, 0.2) is 0 Å². The van der Waals surface area contributed by atoms with Crippen LogP contribution in [-0.4, -0.2) is 65.2 Å². The first kappa shape index (κ1) is 25.6. The van der Waals surface area contributed by atoms with Crippen LogP contribution in [0.4, 0.5) is 0 Å². The zero-order valence-electron chi connectivity index (χ0n) is 17.4. The van der Waals surface area contributed by atoms with E-state index in [1.54, 1.807) is 27.7 Å². The van der Waals surface area contributed by atoms with Gasteiger partial charge in [-0.25, -0.2) is 0 Å². The average molecular weight is 399 g/mol. The van der Waals surface area contributed by atoms with Crippen molar-refractivity contribution in [3.05, 3.63) is 0 Å². The van der Waals surface area contributed by atoms with E-state index in [4.69, 9.17) is 5.11 Å². The van der Waals surface area contributed by atoms with Gasteiger partial charge in [0.05, 0.1) is 0 Å². The Morgan fingerprint density at radius 2 is 1.54 bits per heavy atom. The molecule has 28 heavy (non-hydrogen) atoms. The van der Waals surface area contributed by atoms with E-state index in [2.05, 4.69) is 10.6 Å². The van der Waals surface area contributed by atoms with Crippen LogP contribution in [0.3, 0.4) is 0 Å². The van der Waals surface area contributed by atoms with E-state index in [1.807, 2.05) is 0 Å². The Morgan fingerprint density at radius 1 is 0.929 bits per heavy atom. The molecule has 3 amide bonds. The summed E-state index contributed by atoms with van der Waals surface area (Å²) in [6, 6.07) is -0.953. The molecule has 1 atom stereocenters. The van der Waals surface area contributed by atoms with Gasteiger partial charge in [-0.15, -0.1) is 0 Å². The molecule has 0 aliphatic rings. The van der Waals surface area contributed by atoms with Crippen molar-refractivity contribution in [2.24, 2.45) is 11.8 Å². The Kier molecular flexibility index (Phi) is 11.7. The first-order valence-electron chi connectivity index (χ1n) is 9.53. The summed E-state index contributed by atoms with van der Waals surface area (Å²) in [4.78, 5) is 59.9. The highest BCUT2D eigenvalue weighted by Crippen LogP contribution is 2.06. The number of carbonyl (C=O) groups is 5. The van der Waals surface area contributed by atoms with E-state index in [1.165, 1.54) is 11.8 Å². The molecule has 0 spiro atoms.